The van der Waals surface area contributed by atoms with E-state index in [4.69, 9.17) is 10.5 Å². The summed E-state index contributed by atoms with van der Waals surface area (Å²) in [5.41, 5.74) is 8.22. The van der Waals surface area contributed by atoms with Crippen molar-refractivity contribution in [1.82, 2.24) is 0 Å². The van der Waals surface area contributed by atoms with E-state index in [0.717, 1.165) is 19.3 Å². The molecule has 1 aliphatic rings. The molecule has 0 aliphatic heterocycles. The van der Waals surface area contributed by atoms with E-state index in [0.29, 0.717) is 17.7 Å². The zero-order valence-electron chi connectivity index (χ0n) is 11.5. The minimum atomic E-state index is -0.280. The summed E-state index contributed by atoms with van der Waals surface area (Å²) in [6.45, 7) is 0. The standard InChI is InChI=1S/C16H22FNO/c1-19-15-9-5-8-13(16(15)17)11-14(18)10-12-6-3-2-4-7-12/h5-6,8-9,14H,2-4,7,10-11,18H2,1H3. The van der Waals surface area contributed by atoms with Gasteiger partial charge in [-0.05, 0) is 50.2 Å². The van der Waals surface area contributed by atoms with Gasteiger partial charge in [-0.3, -0.25) is 0 Å². The van der Waals surface area contributed by atoms with Gasteiger partial charge in [0.15, 0.2) is 11.6 Å². The fourth-order valence-electron chi connectivity index (χ4n) is 2.65. The van der Waals surface area contributed by atoms with Gasteiger partial charge in [0.05, 0.1) is 7.11 Å². The predicted octanol–water partition coefficient (Wildman–Crippen LogP) is 3.59. The molecule has 0 heterocycles. The predicted molar refractivity (Wildman–Crippen MR) is 75.8 cm³/mol. The molecule has 2 N–H and O–H groups in total. The van der Waals surface area contributed by atoms with Gasteiger partial charge in [0, 0.05) is 6.04 Å². The molecule has 0 saturated carbocycles. The fourth-order valence-corrected chi connectivity index (χ4v) is 2.65. The van der Waals surface area contributed by atoms with Gasteiger partial charge in [0.1, 0.15) is 0 Å². The van der Waals surface area contributed by atoms with Gasteiger partial charge in [-0.1, -0.05) is 23.8 Å². The summed E-state index contributed by atoms with van der Waals surface area (Å²) in [4.78, 5) is 0. The molecule has 0 saturated heterocycles. The zero-order valence-corrected chi connectivity index (χ0v) is 11.5. The largest absolute Gasteiger partial charge is 0.494 e. The van der Waals surface area contributed by atoms with E-state index in [1.165, 1.54) is 25.5 Å². The lowest BCUT2D eigenvalue weighted by atomic mass is 9.92. The molecule has 1 aliphatic carbocycles. The first-order valence-electron chi connectivity index (χ1n) is 6.95. The smallest absolute Gasteiger partial charge is 0.168 e. The molecule has 0 fully saturated rings. The van der Waals surface area contributed by atoms with E-state index in [1.54, 1.807) is 12.1 Å². The molecule has 104 valence electrons. The van der Waals surface area contributed by atoms with E-state index < -0.39 is 0 Å². The number of nitrogens with two attached hydrogens (primary N) is 1. The second kappa shape index (κ2) is 6.71. The van der Waals surface area contributed by atoms with Gasteiger partial charge in [-0.2, -0.15) is 0 Å². The summed E-state index contributed by atoms with van der Waals surface area (Å²) >= 11 is 0. The van der Waals surface area contributed by atoms with Crippen LogP contribution in [0.25, 0.3) is 0 Å². The van der Waals surface area contributed by atoms with Crippen molar-refractivity contribution in [2.45, 2.75) is 44.6 Å². The first-order chi connectivity index (χ1) is 9.20. The number of rotatable bonds is 5. The summed E-state index contributed by atoms with van der Waals surface area (Å²) in [5.74, 6) is 0.0136. The van der Waals surface area contributed by atoms with E-state index >= 15 is 0 Å². The molecular formula is C16H22FNO. The topological polar surface area (TPSA) is 35.2 Å². The van der Waals surface area contributed by atoms with Crippen LogP contribution in [0, 0.1) is 5.82 Å². The van der Waals surface area contributed by atoms with Crippen molar-refractivity contribution in [3.05, 3.63) is 41.2 Å². The Morgan fingerprint density at radius 1 is 1.32 bits per heavy atom. The molecule has 0 bridgehead atoms. The first-order valence-corrected chi connectivity index (χ1v) is 6.95. The Bertz CT molecular complexity index is 456. The average Bonchev–Trinajstić information content (AvgIpc) is 2.42. The fraction of sp³-hybridized carbons (Fsp3) is 0.500. The van der Waals surface area contributed by atoms with E-state index in [9.17, 15) is 4.39 Å². The van der Waals surface area contributed by atoms with Gasteiger partial charge in [-0.15, -0.1) is 0 Å². The number of hydrogen-bond donors (Lipinski definition) is 1. The maximum Gasteiger partial charge on any atom is 0.168 e. The van der Waals surface area contributed by atoms with Crippen molar-refractivity contribution in [3.63, 3.8) is 0 Å². The Morgan fingerprint density at radius 3 is 2.84 bits per heavy atom. The molecule has 19 heavy (non-hydrogen) atoms. The average molecular weight is 263 g/mol. The van der Waals surface area contributed by atoms with Gasteiger partial charge in [0.25, 0.3) is 0 Å². The number of halogens is 1. The number of hydrogen-bond acceptors (Lipinski definition) is 2. The Balaban J connectivity index is 1.98. The molecule has 1 aromatic carbocycles. The zero-order chi connectivity index (χ0) is 13.7. The Labute approximate surface area is 114 Å². The van der Waals surface area contributed by atoms with E-state index in [2.05, 4.69) is 6.08 Å². The van der Waals surface area contributed by atoms with E-state index in [-0.39, 0.29) is 11.9 Å². The van der Waals surface area contributed by atoms with Crippen LogP contribution in [0.5, 0.6) is 5.75 Å². The molecule has 2 rings (SSSR count). The molecular weight excluding hydrogens is 241 g/mol. The number of allylic oxidation sites excluding steroid dienone is 1. The lowest BCUT2D eigenvalue weighted by molar-refractivity contribution is 0.383. The van der Waals surface area contributed by atoms with Gasteiger partial charge >= 0.3 is 0 Å². The van der Waals surface area contributed by atoms with Crippen LogP contribution in [0.1, 0.15) is 37.7 Å². The minimum absolute atomic E-state index is 0.0223. The third-order valence-electron chi connectivity index (χ3n) is 3.65. The molecule has 0 radical (unpaired) electrons. The summed E-state index contributed by atoms with van der Waals surface area (Å²) in [6.07, 6.45) is 8.57. The van der Waals surface area contributed by atoms with Crippen molar-refractivity contribution in [1.29, 1.82) is 0 Å². The van der Waals surface area contributed by atoms with Crippen LogP contribution < -0.4 is 10.5 Å². The lowest BCUT2D eigenvalue weighted by Gasteiger charge is -2.18. The van der Waals surface area contributed by atoms with Crippen LogP contribution in [0.4, 0.5) is 4.39 Å². The van der Waals surface area contributed by atoms with Gasteiger partial charge in [-0.25, -0.2) is 4.39 Å². The molecule has 1 atom stereocenters. The summed E-state index contributed by atoms with van der Waals surface area (Å²) < 4.78 is 19.0. The van der Waals surface area contributed by atoms with Crippen LogP contribution >= 0.6 is 0 Å². The molecule has 0 amide bonds. The van der Waals surface area contributed by atoms with Crippen LogP contribution in [0.2, 0.25) is 0 Å². The lowest BCUT2D eigenvalue weighted by Crippen LogP contribution is -2.24. The molecule has 1 unspecified atom stereocenters. The van der Waals surface area contributed by atoms with Gasteiger partial charge < -0.3 is 10.5 Å². The highest BCUT2D eigenvalue weighted by atomic mass is 19.1. The summed E-state index contributed by atoms with van der Waals surface area (Å²) in [7, 11) is 1.48. The maximum atomic E-state index is 14.0. The molecule has 0 spiro atoms. The van der Waals surface area contributed by atoms with Gasteiger partial charge in [0.2, 0.25) is 0 Å². The molecule has 1 aromatic rings. The van der Waals surface area contributed by atoms with Crippen molar-refractivity contribution in [2.75, 3.05) is 7.11 Å². The third kappa shape index (κ3) is 3.80. The van der Waals surface area contributed by atoms with E-state index in [1.807, 2.05) is 6.07 Å². The van der Waals surface area contributed by atoms with Crippen molar-refractivity contribution < 1.29 is 9.13 Å². The monoisotopic (exact) mass is 263 g/mol. The SMILES string of the molecule is COc1cccc(CC(N)CC2=CCCCC2)c1F. The van der Waals surface area contributed by atoms with Crippen LogP contribution in [0.15, 0.2) is 29.8 Å². The molecule has 3 heteroatoms. The Hall–Kier alpha value is -1.35. The van der Waals surface area contributed by atoms with Crippen LogP contribution in [-0.2, 0) is 6.42 Å². The van der Waals surface area contributed by atoms with Crippen molar-refractivity contribution >= 4 is 0 Å². The highest BCUT2D eigenvalue weighted by Crippen LogP contribution is 2.24. The first kappa shape index (κ1) is 14.1. The van der Waals surface area contributed by atoms with Crippen LogP contribution in [-0.4, -0.2) is 13.2 Å². The molecule has 0 aromatic heterocycles. The highest BCUT2D eigenvalue weighted by molar-refractivity contribution is 5.31. The summed E-state index contributed by atoms with van der Waals surface area (Å²) in [6, 6.07) is 5.20. The maximum absolute atomic E-state index is 14.0. The van der Waals surface area contributed by atoms with Crippen LogP contribution in [0.3, 0.4) is 0 Å². The normalized spacial score (nSPS) is 16.9. The van der Waals surface area contributed by atoms with Crippen molar-refractivity contribution in [2.24, 2.45) is 5.73 Å². The van der Waals surface area contributed by atoms with Crippen molar-refractivity contribution in [3.8, 4) is 5.75 Å². The number of methoxy groups -OCH3 is 1. The molecule has 2 nitrogen and oxygen atoms in total. The third-order valence-corrected chi connectivity index (χ3v) is 3.65. The second-order valence-corrected chi connectivity index (χ2v) is 5.21. The Kier molecular flexibility index (Phi) is 4.97. The number of ether oxygens (including phenoxy) is 1. The second-order valence-electron chi connectivity index (χ2n) is 5.21. The quantitative estimate of drug-likeness (QED) is 0.824. The number of benzene rings is 1. The Morgan fingerprint density at radius 2 is 2.16 bits per heavy atom. The highest BCUT2D eigenvalue weighted by Gasteiger charge is 2.14. The summed E-state index contributed by atoms with van der Waals surface area (Å²) in [5, 5.41) is 0. The minimum Gasteiger partial charge on any atom is -0.494 e.